The lowest BCUT2D eigenvalue weighted by atomic mass is 10.2. The number of hydrogen-bond acceptors (Lipinski definition) is 17. The highest BCUT2D eigenvalue weighted by atomic mass is 16.6. The van der Waals surface area contributed by atoms with E-state index in [9.17, 15) is 25.0 Å². The maximum Gasteiger partial charge on any atom is 0.412 e. The molecule has 0 bridgehead atoms. The fourth-order valence-corrected chi connectivity index (χ4v) is 4.80. The Morgan fingerprint density at radius 2 is 1.22 bits per heavy atom. The third kappa shape index (κ3) is 12.8. The molecule has 0 saturated carbocycles. The molecule has 0 radical (unpaired) electrons. The molecule has 22 nitrogen and oxygen atoms in total. The van der Waals surface area contributed by atoms with Crippen LogP contribution >= 0.6 is 0 Å². The van der Waals surface area contributed by atoms with Crippen LogP contribution < -0.4 is 32.3 Å². The number of hydrogen-bond donors (Lipinski definition) is 8. The minimum Gasteiger partial charge on any atom is -0.444 e. The first-order chi connectivity index (χ1) is 28.3. The molecule has 2 aromatic carbocycles. The van der Waals surface area contributed by atoms with Gasteiger partial charge in [-0.05, 0) is 83.9 Å². The molecule has 4 heterocycles. The lowest BCUT2D eigenvalue weighted by Gasteiger charge is -2.20. The molecule has 9 N–H and O–H groups in total. The summed E-state index contributed by atoms with van der Waals surface area (Å²) in [4.78, 5) is 50.0. The van der Waals surface area contributed by atoms with Crippen molar-refractivity contribution in [2.24, 2.45) is 0 Å². The normalized spacial score (nSPS) is 10.7. The zero-order valence-corrected chi connectivity index (χ0v) is 33.6. The van der Waals surface area contributed by atoms with Gasteiger partial charge >= 0.3 is 17.5 Å². The molecule has 4 aromatic heterocycles. The highest BCUT2D eigenvalue weighted by Crippen LogP contribution is 2.30. The van der Waals surface area contributed by atoms with Gasteiger partial charge in [0.1, 0.15) is 18.0 Å². The first kappa shape index (κ1) is 42.2. The monoisotopic (exact) mass is 811 g/mol. The number of aryl methyl sites for hydroxylation is 4. The van der Waals surface area contributed by atoms with Crippen LogP contribution in [0.15, 0.2) is 60.9 Å². The fraction of sp³-hybridized carbons (Fsp3) is 0.270. The molecule has 1 amide bonds. The Morgan fingerprint density at radius 1 is 0.763 bits per heavy atom. The first-order valence-electron chi connectivity index (χ1n) is 18.5. The number of amides is 1. The van der Waals surface area contributed by atoms with Gasteiger partial charge in [0.15, 0.2) is 11.6 Å². The highest BCUT2D eigenvalue weighted by Gasteiger charge is 2.21. The molecular weight excluding hydrogens is 765 g/mol. The Hall–Kier alpha value is -7.91. The van der Waals surface area contributed by atoms with E-state index in [-0.39, 0.29) is 34.9 Å². The van der Waals surface area contributed by atoms with E-state index >= 15 is 0 Å². The predicted octanol–water partition coefficient (Wildman–Crippen LogP) is 8.38. The van der Waals surface area contributed by atoms with Gasteiger partial charge < -0.3 is 31.7 Å². The van der Waals surface area contributed by atoms with Crippen molar-refractivity contribution in [3.8, 4) is 0 Å². The maximum absolute atomic E-state index is 12.0. The van der Waals surface area contributed by atoms with E-state index in [0.29, 0.717) is 35.6 Å². The van der Waals surface area contributed by atoms with Crippen molar-refractivity contribution in [2.75, 3.05) is 32.3 Å². The van der Waals surface area contributed by atoms with Crippen LogP contribution in [0.5, 0.6) is 0 Å². The number of nitrogen functional groups attached to an aromatic ring is 1. The van der Waals surface area contributed by atoms with Crippen LogP contribution in [0, 0.1) is 47.9 Å². The molecule has 22 heteroatoms. The number of aromatic nitrogens is 8. The third-order valence-electron chi connectivity index (χ3n) is 7.47. The molecule has 6 rings (SSSR count). The summed E-state index contributed by atoms with van der Waals surface area (Å²) in [6, 6.07) is 14.0. The molecular formula is C37H46N16O6. The lowest BCUT2D eigenvalue weighted by Crippen LogP contribution is -2.27. The van der Waals surface area contributed by atoms with Crippen LogP contribution in [0.25, 0.3) is 0 Å². The van der Waals surface area contributed by atoms with E-state index in [0.717, 1.165) is 40.6 Å². The summed E-state index contributed by atoms with van der Waals surface area (Å²) in [5.74, 6) is 1.16. The zero-order valence-electron chi connectivity index (χ0n) is 34.6. The number of H-pyrrole nitrogens is 2. The van der Waals surface area contributed by atoms with E-state index in [4.69, 9.17) is 11.8 Å². The van der Waals surface area contributed by atoms with Gasteiger partial charge in [-0.15, -0.1) is 0 Å². The van der Waals surface area contributed by atoms with Gasteiger partial charge in [-0.3, -0.25) is 35.7 Å². The van der Waals surface area contributed by atoms with E-state index in [1.165, 1.54) is 0 Å². The predicted molar refractivity (Wildman–Crippen MR) is 225 cm³/mol. The van der Waals surface area contributed by atoms with Crippen LogP contribution in [0.4, 0.5) is 74.1 Å². The van der Waals surface area contributed by atoms with Crippen LogP contribution in [0.1, 0.15) is 58.5 Å². The van der Waals surface area contributed by atoms with Gasteiger partial charge in [0.05, 0.1) is 9.85 Å². The highest BCUT2D eigenvalue weighted by molar-refractivity contribution is 5.86. The molecule has 0 fully saturated rings. The molecule has 0 saturated heterocycles. The number of anilines is 10. The SMILES string of the molecule is Cc1cc(Nc2nc(Nc3cc(N)ccc3C)ncc2[N+](=O)[O-])n[nH]1.Cc1cc(Nc2nc(Nc3cc(NC(=O)OC(C)(C)C)ccc3C)ncc2[N+](=O)[O-])n[nH]1.[2H]CC. The van der Waals surface area contributed by atoms with Crippen molar-refractivity contribution in [2.45, 2.75) is 67.9 Å². The molecule has 0 aliphatic carbocycles. The molecule has 0 atom stereocenters. The summed E-state index contributed by atoms with van der Waals surface area (Å²) >= 11 is 0. The Balaban J connectivity index is 0.000000255. The van der Waals surface area contributed by atoms with Crippen molar-refractivity contribution in [1.82, 2.24) is 40.3 Å². The second kappa shape index (κ2) is 19.3. The molecule has 0 unspecified atom stereocenters. The summed E-state index contributed by atoms with van der Waals surface area (Å²) in [5.41, 5.74) is 10.4. The Labute approximate surface area is 339 Å². The zero-order chi connectivity index (χ0) is 44.1. The number of nitrogens with zero attached hydrogens (tertiary/aromatic N) is 8. The number of nitro groups is 2. The van der Waals surface area contributed by atoms with E-state index in [1.54, 1.807) is 77.1 Å². The number of carbonyl (C=O) groups excluding carboxylic acids is 1. The average Bonchev–Trinajstić information content (AvgIpc) is 3.77. The van der Waals surface area contributed by atoms with Crippen LogP contribution in [-0.4, -0.2) is 61.9 Å². The number of rotatable bonds is 11. The van der Waals surface area contributed by atoms with Crippen LogP contribution in [0.3, 0.4) is 0 Å². The van der Waals surface area contributed by atoms with Crippen molar-refractivity contribution in [1.29, 1.82) is 0 Å². The smallest absolute Gasteiger partial charge is 0.412 e. The minimum atomic E-state index is -0.626. The first-order valence-corrected chi connectivity index (χ1v) is 17.7. The molecule has 310 valence electrons. The van der Waals surface area contributed by atoms with Crippen molar-refractivity contribution >= 4 is 75.4 Å². The molecule has 0 aliphatic rings. The molecule has 0 aliphatic heterocycles. The Kier molecular flexibility index (Phi) is 13.8. The standard InChI is InChI=1S/C20H24N8O4.C15H16N8O2.C2H6/c1-11-6-7-13(22-19(29)32-20(3,4)5)9-14(11)23-18-21-10-15(28(30)31)17(25-18)24-16-8-12(2)26-27-16;1-8-3-4-10(16)6-11(8)18-15-17-7-12(23(24)25)14(20-15)19-13-5-9(2)21-22-13;1-2/h6-10H,1-5H3,(H,22,29)(H3,21,23,24,25,26,27);3-7H,16H2,1-2H3,(H3,17,18,19,20,21,22);1-2H3/i;;1D. The molecule has 6 aromatic rings. The van der Waals surface area contributed by atoms with E-state index < -0.39 is 21.5 Å². The summed E-state index contributed by atoms with van der Waals surface area (Å²) in [6.45, 7) is 15.0. The number of nitrogens with two attached hydrogens (primary N) is 1. The van der Waals surface area contributed by atoms with E-state index in [1.807, 2.05) is 26.8 Å². The molecule has 59 heavy (non-hydrogen) atoms. The van der Waals surface area contributed by atoms with Gasteiger partial charge in [0, 0.05) is 47.6 Å². The third-order valence-corrected chi connectivity index (χ3v) is 7.47. The van der Waals surface area contributed by atoms with Gasteiger partial charge in [-0.25, -0.2) is 14.8 Å². The quantitative estimate of drug-likeness (QED) is 0.0346. The summed E-state index contributed by atoms with van der Waals surface area (Å²) in [5, 5.41) is 50.4. The second-order valence-corrected chi connectivity index (χ2v) is 13.5. The number of carbonyl (C=O) groups is 1. The average molecular weight is 812 g/mol. The minimum absolute atomic E-state index is 0.0142. The fourth-order valence-electron chi connectivity index (χ4n) is 4.80. The van der Waals surface area contributed by atoms with Gasteiger partial charge in [-0.2, -0.15) is 20.2 Å². The van der Waals surface area contributed by atoms with E-state index in [2.05, 4.69) is 66.9 Å². The van der Waals surface area contributed by atoms with Crippen molar-refractivity contribution < 1.29 is 20.7 Å². The summed E-state index contributed by atoms with van der Waals surface area (Å²) in [6.07, 6.45) is 1.66. The van der Waals surface area contributed by atoms with Crippen molar-refractivity contribution in [3.05, 3.63) is 104 Å². The Morgan fingerprint density at radius 3 is 1.64 bits per heavy atom. The molecule has 0 spiro atoms. The largest absolute Gasteiger partial charge is 0.444 e. The van der Waals surface area contributed by atoms with Crippen LogP contribution in [0.2, 0.25) is 0 Å². The number of benzene rings is 2. The second-order valence-electron chi connectivity index (χ2n) is 13.5. The summed E-state index contributed by atoms with van der Waals surface area (Å²) < 4.78 is 11.5. The Bertz CT molecular complexity index is 2450. The van der Waals surface area contributed by atoms with Gasteiger partial charge in [0.2, 0.25) is 23.5 Å². The lowest BCUT2D eigenvalue weighted by molar-refractivity contribution is -0.384. The van der Waals surface area contributed by atoms with Gasteiger partial charge in [-0.1, -0.05) is 26.0 Å². The topological polar surface area (TPSA) is 308 Å². The number of nitrogens with one attached hydrogen (secondary N) is 7. The summed E-state index contributed by atoms with van der Waals surface area (Å²) in [7, 11) is 0. The number of ether oxygens (including phenoxy) is 1. The van der Waals surface area contributed by atoms with Crippen molar-refractivity contribution in [3.63, 3.8) is 0 Å². The van der Waals surface area contributed by atoms with Crippen LogP contribution in [-0.2, 0) is 4.74 Å². The maximum atomic E-state index is 12.0. The van der Waals surface area contributed by atoms with Gasteiger partial charge in [0.25, 0.3) is 0 Å². The number of aromatic amines is 2.